The van der Waals surface area contributed by atoms with Gasteiger partial charge in [-0.2, -0.15) is 5.21 Å². The van der Waals surface area contributed by atoms with Crippen LogP contribution < -0.4 is 0 Å². The summed E-state index contributed by atoms with van der Waals surface area (Å²) in [4.78, 5) is 0. The van der Waals surface area contributed by atoms with Crippen LogP contribution in [0.25, 0.3) is 0 Å². The van der Waals surface area contributed by atoms with Crippen LogP contribution in [0.5, 0.6) is 0 Å². The van der Waals surface area contributed by atoms with Crippen LogP contribution in [0.1, 0.15) is 48.0 Å². The molecule has 4 heteroatoms. The summed E-state index contributed by atoms with van der Waals surface area (Å²) in [6.45, 7) is 13.1. The summed E-state index contributed by atoms with van der Waals surface area (Å²) in [7, 11) is 0. The van der Waals surface area contributed by atoms with Crippen LogP contribution in [-0.2, 0) is 0 Å². The van der Waals surface area contributed by atoms with Gasteiger partial charge in [0.05, 0.1) is 0 Å². The molecule has 0 amide bonds. The molecule has 0 aliphatic rings. The Kier molecular flexibility index (Phi) is 13.4. The van der Waals surface area contributed by atoms with Gasteiger partial charge in [-0.25, -0.2) is 0 Å². The van der Waals surface area contributed by atoms with Crippen molar-refractivity contribution in [2.45, 2.75) is 48.0 Å². The fourth-order valence-electron chi connectivity index (χ4n) is 0.129. The molecule has 14 heavy (non-hydrogen) atoms. The fraction of sp³-hybridized carbons (Fsp3) is 0.900. The summed E-state index contributed by atoms with van der Waals surface area (Å²) < 4.78 is 0. The summed E-state index contributed by atoms with van der Waals surface area (Å²) in [5.74, 6) is 1.72. The van der Waals surface area contributed by atoms with Crippen LogP contribution in [0.4, 0.5) is 0 Å². The smallest absolute Gasteiger partial charge is 0.161 e. The molecule has 1 heterocycles. The van der Waals surface area contributed by atoms with Gasteiger partial charge in [0.2, 0.25) is 0 Å². The first-order chi connectivity index (χ1) is 6.50. The highest BCUT2D eigenvalue weighted by Gasteiger charge is 1.80. The lowest BCUT2D eigenvalue weighted by Crippen LogP contribution is -1.77. The molecule has 0 aromatic carbocycles. The van der Waals surface area contributed by atoms with Crippen LogP contribution in [0.2, 0.25) is 0 Å². The average Bonchev–Trinajstić information content (AvgIpc) is 2.59. The zero-order valence-corrected chi connectivity index (χ0v) is 10.3. The first-order valence-electron chi connectivity index (χ1n) is 5.17. The summed E-state index contributed by atoms with van der Waals surface area (Å²) in [5, 5.41) is 12.2. The number of tetrazole rings is 1. The van der Waals surface area contributed by atoms with E-state index in [0.29, 0.717) is 0 Å². The summed E-state index contributed by atoms with van der Waals surface area (Å²) in [6.07, 6.45) is 2.64. The summed E-state index contributed by atoms with van der Waals surface area (Å²) >= 11 is 0. The van der Waals surface area contributed by atoms with Crippen LogP contribution in [0.3, 0.4) is 0 Å². The van der Waals surface area contributed by atoms with E-state index in [1.54, 1.807) is 0 Å². The number of rotatable bonds is 1. The van der Waals surface area contributed by atoms with Crippen molar-refractivity contribution in [3.8, 4) is 0 Å². The molecule has 0 atom stereocenters. The molecule has 0 radical (unpaired) electrons. The third-order valence-electron chi connectivity index (χ3n) is 1.09. The fourth-order valence-corrected chi connectivity index (χ4v) is 0.129. The van der Waals surface area contributed by atoms with Gasteiger partial charge in [0.1, 0.15) is 0 Å². The Balaban J connectivity index is 0. The third kappa shape index (κ3) is 30.5. The van der Waals surface area contributed by atoms with Gasteiger partial charge in [-0.3, -0.25) is 0 Å². The number of aromatic nitrogens is 4. The Morgan fingerprint density at radius 3 is 1.64 bits per heavy atom. The highest BCUT2D eigenvalue weighted by Crippen LogP contribution is 1.93. The molecule has 84 valence electrons. The van der Waals surface area contributed by atoms with E-state index in [1.807, 2.05) is 0 Å². The zero-order valence-electron chi connectivity index (χ0n) is 10.3. The van der Waals surface area contributed by atoms with Gasteiger partial charge in [0.15, 0.2) is 6.33 Å². The minimum Gasteiger partial charge on any atom is -0.177 e. The maximum atomic E-state index is 3.38. The lowest BCUT2D eigenvalue weighted by atomic mass is 10.2. The second kappa shape index (κ2) is 12.1. The number of nitrogens with one attached hydrogen (secondary N) is 1. The minimum atomic E-state index is 0.833. The molecule has 0 saturated heterocycles. The number of hydrogen-bond donors (Lipinski definition) is 1. The molecule has 1 rings (SSSR count). The number of hydrogen-bond acceptors (Lipinski definition) is 3. The molecule has 0 bridgehead atoms. The SMILES string of the molecule is CC(C)C.CCC(C)C.c1nn[nH]n1. The molecule has 0 fully saturated rings. The van der Waals surface area contributed by atoms with E-state index in [1.165, 1.54) is 12.7 Å². The van der Waals surface area contributed by atoms with Gasteiger partial charge in [-0.15, -0.1) is 10.2 Å². The number of aromatic amines is 1. The van der Waals surface area contributed by atoms with E-state index in [2.05, 4.69) is 62.2 Å². The Hall–Kier alpha value is -0.930. The van der Waals surface area contributed by atoms with Gasteiger partial charge in [-0.05, 0) is 11.8 Å². The zero-order chi connectivity index (χ0) is 11.4. The normalized spacial score (nSPS) is 8.86. The Morgan fingerprint density at radius 2 is 1.57 bits per heavy atom. The van der Waals surface area contributed by atoms with Gasteiger partial charge in [0, 0.05) is 0 Å². The van der Waals surface area contributed by atoms with E-state index in [-0.39, 0.29) is 0 Å². The lowest BCUT2D eigenvalue weighted by molar-refractivity contribution is 0.626. The van der Waals surface area contributed by atoms with Gasteiger partial charge >= 0.3 is 0 Å². The van der Waals surface area contributed by atoms with Gasteiger partial charge < -0.3 is 0 Å². The molecular formula is C10H24N4. The molecule has 0 aliphatic heterocycles. The monoisotopic (exact) mass is 200 g/mol. The number of nitrogens with zero attached hydrogens (tertiary/aromatic N) is 3. The van der Waals surface area contributed by atoms with Crippen LogP contribution in [0, 0.1) is 11.8 Å². The largest absolute Gasteiger partial charge is 0.177 e. The van der Waals surface area contributed by atoms with Crippen molar-refractivity contribution >= 4 is 0 Å². The van der Waals surface area contributed by atoms with Crippen molar-refractivity contribution in [1.82, 2.24) is 20.6 Å². The molecule has 0 saturated carbocycles. The molecule has 1 aromatic rings. The van der Waals surface area contributed by atoms with Crippen molar-refractivity contribution in [3.05, 3.63) is 6.33 Å². The Labute approximate surface area is 87.5 Å². The highest BCUT2D eigenvalue weighted by molar-refractivity contribution is 4.32. The predicted molar refractivity (Wildman–Crippen MR) is 59.8 cm³/mol. The first-order valence-corrected chi connectivity index (χ1v) is 5.17. The summed E-state index contributed by atoms with van der Waals surface area (Å²) in [5.41, 5.74) is 0. The molecule has 0 spiro atoms. The third-order valence-corrected chi connectivity index (χ3v) is 1.09. The van der Waals surface area contributed by atoms with E-state index in [4.69, 9.17) is 0 Å². The topological polar surface area (TPSA) is 54.5 Å². The second-order valence-electron chi connectivity index (χ2n) is 4.09. The molecule has 1 aromatic heterocycles. The lowest BCUT2D eigenvalue weighted by Gasteiger charge is -1.90. The van der Waals surface area contributed by atoms with Crippen molar-refractivity contribution < 1.29 is 0 Å². The van der Waals surface area contributed by atoms with Crippen molar-refractivity contribution in [3.63, 3.8) is 0 Å². The minimum absolute atomic E-state index is 0.833. The average molecular weight is 200 g/mol. The van der Waals surface area contributed by atoms with Crippen LogP contribution in [-0.4, -0.2) is 20.6 Å². The highest BCUT2D eigenvalue weighted by atomic mass is 15.5. The number of H-pyrrole nitrogens is 1. The van der Waals surface area contributed by atoms with Crippen molar-refractivity contribution in [2.24, 2.45) is 11.8 Å². The quantitative estimate of drug-likeness (QED) is 0.758. The van der Waals surface area contributed by atoms with E-state index in [9.17, 15) is 0 Å². The maximum Gasteiger partial charge on any atom is 0.161 e. The molecule has 4 nitrogen and oxygen atoms in total. The predicted octanol–water partition coefficient (Wildman–Crippen LogP) is 2.91. The maximum absolute atomic E-state index is 3.38. The first kappa shape index (κ1) is 15.5. The summed E-state index contributed by atoms with van der Waals surface area (Å²) in [6, 6.07) is 0. The second-order valence-corrected chi connectivity index (χ2v) is 4.09. The molecule has 1 N–H and O–H groups in total. The van der Waals surface area contributed by atoms with Gasteiger partial charge in [0.25, 0.3) is 0 Å². The van der Waals surface area contributed by atoms with Gasteiger partial charge in [-0.1, -0.05) is 53.2 Å². The van der Waals surface area contributed by atoms with Crippen LogP contribution >= 0.6 is 0 Å². The van der Waals surface area contributed by atoms with E-state index in [0.717, 1.165) is 11.8 Å². The van der Waals surface area contributed by atoms with E-state index >= 15 is 0 Å². The Morgan fingerprint density at radius 1 is 1.14 bits per heavy atom. The molecule has 0 aliphatic carbocycles. The van der Waals surface area contributed by atoms with E-state index < -0.39 is 0 Å². The standard InChI is InChI=1S/C5H12.C4H10.CH2N4/c1-4-5(2)3;1-4(2)3;1-2-4-5-3-1/h5H,4H2,1-3H3;4H,1-3H3;1H,(H,2,3,4,5). The van der Waals surface area contributed by atoms with Crippen molar-refractivity contribution in [1.29, 1.82) is 0 Å². The van der Waals surface area contributed by atoms with Crippen LogP contribution in [0.15, 0.2) is 6.33 Å². The Bertz CT molecular complexity index is 139. The molecular weight excluding hydrogens is 176 g/mol. The molecule has 0 unspecified atom stereocenters. The van der Waals surface area contributed by atoms with Crippen molar-refractivity contribution in [2.75, 3.05) is 0 Å².